The molecule has 1 saturated heterocycles. The second-order valence-electron chi connectivity index (χ2n) is 6.53. The fourth-order valence-electron chi connectivity index (χ4n) is 3.11. The van der Waals surface area contributed by atoms with Gasteiger partial charge in [0, 0.05) is 31.9 Å². The molecule has 7 heteroatoms. The summed E-state index contributed by atoms with van der Waals surface area (Å²) in [5, 5.41) is 0. The summed E-state index contributed by atoms with van der Waals surface area (Å²) in [4.78, 5) is 28.0. The molecule has 0 aliphatic carbocycles. The maximum Gasteiger partial charge on any atom is 0.310 e. The first-order valence-electron chi connectivity index (χ1n) is 9.12. The normalized spacial score (nSPS) is 13.9. The van der Waals surface area contributed by atoms with Gasteiger partial charge in [0.05, 0.1) is 13.5 Å². The summed E-state index contributed by atoms with van der Waals surface area (Å²) in [6.45, 7) is 2.24. The van der Waals surface area contributed by atoms with Gasteiger partial charge in [0.1, 0.15) is 11.6 Å². The van der Waals surface area contributed by atoms with Crippen LogP contribution in [-0.4, -0.2) is 56.7 Å². The lowest BCUT2D eigenvalue weighted by atomic mass is 10.1. The average Bonchev–Trinajstić information content (AvgIpc) is 2.72. The van der Waals surface area contributed by atoms with Crippen LogP contribution in [0.15, 0.2) is 48.5 Å². The monoisotopic (exact) mass is 386 g/mol. The van der Waals surface area contributed by atoms with E-state index in [0.717, 1.165) is 11.4 Å². The van der Waals surface area contributed by atoms with Crippen molar-refractivity contribution in [2.24, 2.45) is 0 Å². The Morgan fingerprint density at radius 1 is 1.04 bits per heavy atom. The molecule has 1 heterocycles. The van der Waals surface area contributed by atoms with Gasteiger partial charge in [-0.15, -0.1) is 0 Å². The summed E-state index contributed by atoms with van der Waals surface area (Å²) in [5.74, 6) is -0.369. The first-order valence-corrected chi connectivity index (χ1v) is 9.12. The van der Waals surface area contributed by atoms with Crippen molar-refractivity contribution in [3.63, 3.8) is 0 Å². The van der Waals surface area contributed by atoms with E-state index in [1.807, 2.05) is 24.3 Å². The van der Waals surface area contributed by atoms with Crippen molar-refractivity contribution >= 4 is 17.6 Å². The summed E-state index contributed by atoms with van der Waals surface area (Å²) < 4.78 is 23.4. The lowest BCUT2D eigenvalue weighted by Crippen LogP contribution is -2.49. The molecular weight excluding hydrogens is 363 g/mol. The largest absolute Gasteiger partial charge is 0.497 e. The molecule has 1 fully saturated rings. The third kappa shape index (κ3) is 5.22. The number of halogens is 1. The molecule has 28 heavy (non-hydrogen) atoms. The molecule has 0 N–H and O–H groups in total. The van der Waals surface area contributed by atoms with Gasteiger partial charge in [0.2, 0.25) is 0 Å². The van der Waals surface area contributed by atoms with Crippen molar-refractivity contribution in [1.29, 1.82) is 0 Å². The topological polar surface area (TPSA) is 59.1 Å². The van der Waals surface area contributed by atoms with Crippen LogP contribution in [-0.2, 0) is 20.7 Å². The van der Waals surface area contributed by atoms with Crippen LogP contribution in [0.3, 0.4) is 0 Å². The van der Waals surface area contributed by atoms with Crippen molar-refractivity contribution in [1.82, 2.24) is 4.90 Å². The highest BCUT2D eigenvalue weighted by Gasteiger charge is 2.22. The van der Waals surface area contributed by atoms with Crippen LogP contribution in [0.2, 0.25) is 0 Å². The van der Waals surface area contributed by atoms with E-state index in [1.54, 1.807) is 18.1 Å². The standard InChI is InChI=1S/C21H23FN2O4/c1-27-19-7-5-18(6-8-19)23-9-11-24(12-10-23)20(25)15-28-21(26)14-16-3-2-4-17(22)13-16/h2-8,13H,9-12,14-15H2,1H3. The Kier molecular flexibility index (Phi) is 6.47. The van der Waals surface area contributed by atoms with Gasteiger partial charge in [-0.25, -0.2) is 4.39 Å². The van der Waals surface area contributed by atoms with E-state index in [4.69, 9.17) is 9.47 Å². The number of anilines is 1. The minimum atomic E-state index is -0.546. The van der Waals surface area contributed by atoms with Crippen molar-refractivity contribution < 1.29 is 23.5 Å². The predicted octanol–water partition coefficient (Wildman–Crippen LogP) is 2.27. The SMILES string of the molecule is COc1ccc(N2CCN(C(=O)COC(=O)Cc3cccc(F)c3)CC2)cc1. The van der Waals surface area contributed by atoms with Crippen LogP contribution in [0.5, 0.6) is 5.75 Å². The lowest BCUT2D eigenvalue weighted by Gasteiger charge is -2.36. The Morgan fingerprint density at radius 2 is 1.75 bits per heavy atom. The Hall–Kier alpha value is -3.09. The van der Waals surface area contributed by atoms with Crippen LogP contribution >= 0.6 is 0 Å². The first-order chi connectivity index (χ1) is 13.5. The molecule has 0 radical (unpaired) electrons. The number of esters is 1. The molecule has 0 unspecified atom stereocenters. The van der Waals surface area contributed by atoms with Gasteiger partial charge >= 0.3 is 5.97 Å². The number of ether oxygens (including phenoxy) is 2. The minimum absolute atomic E-state index is 0.0592. The number of piperazine rings is 1. The van der Waals surface area contributed by atoms with Crippen molar-refractivity contribution in [2.45, 2.75) is 6.42 Å². The molecule has 1 aliphatic rings. The number of hydrogen-bond donors (Lipinski definition) is 0. The molecule has 2 aromatic rings. The number of nitrogens with zero attached hydrogens (tertiary/aromatic N) is 2. The molecule has 6 nitrogen and oxygen atoms in total. The van der Waals surface area contributed by atoms with E-state index in [2.05, 4.69) is 4.90 Å². The van der Waals surface area contributed by atoms with E-state index in [1.165, 1.54) is 18.2 Å². The average molecular weight is 386 g/mol. The van der Waals surface area contributed by atoms with Gasteiger partial charge < -0.3 is 19.3 Å². The van der Waals surface area contributed by atoms with Gasteiger partial charge in [0.25, 0.3) is 5.91 Å². The Balaban J connectivity index is 1.42. The van der Waals surface area contributed by atoms with E-state index in [-0.39, 0.29) is 18.9 Å². The number of amides is 1. The molecule has 1 aliphatic heterocycles. The van der Waals surface area contributed by atoms with Crippen LogP contribution in [0.25, 0.3) is 0 Å². The van der Waals surface area contributed by atoms with E-state index >= 15 is 0 Å². The summed E-state index contributed by atoms with van der Waals surface area (Å²) >= 11 is 0. The predicted molar refractivity (Wildman–Crippen MR) is 103 cm³/mol. The van der Waals surface area contributed by atoms with Gasteiger partial charge in [-0.3, -0.25) is 9.59 Å². The van der Waals surface area contributed by atoms with E-state index < -0.39 is 11.8 Å². The number of carbonyl (C=O) groups is 2. The van der Waals surface area contributed by atoms with Crippen LogP contribution in [0.1, 0.15) is 5.56 Å². The first kappa shape index (κ1) is 19.7. The molecule has 0 atom stereocenters. The second-order valence-corrected chi connectivity index (χ2v) is 6.53. The molecular formula is C21H23FN2O4. The zero-order valence-electron chi connectivity index (χ0n) is 15.8. The highest BCUT2D eigenvalue weighted by Crippen LogP contribution is 2.20. The number of benzene rings is 2. The summed E-state index contributed by atoms with van der Waals surface area (Å²) in [7, 11) is 1.63. The maximum atomic E-state index is 13.1. The zero-order chi connectivity index (χ0) is 19.9. The van der Waals surface area contributed by atoms with Gasteiger partial charge in [-0.1, -0.05) is 12.1 Å². The fraction of sp³-hybridized carbons (Fsp3) is 0.333. The highest BCUT2D eigenvalue weighted by atomic mass is 19.1. The van der Waals surface area contributed by atoms with Crippen molar-refractivity contribution in [3.05, 3.63) is 59.9 Å². The third-order valence-electron chi connectivity index (χ3n) is 4.66. The number of methoxy groups -OCH3 is 1. The third-order valence-corrected chi connectivity index (χ3v) is 4.66. The zero-order valence-corrected chi connectivity index (χ0v) is 15.8. The van der Waals surface area contributed by atoms with Crippen molar-refractivity contribution in [2.75, 3.05) is 44.8 Å². The minimum Gasteiger partial charge on any atom is -0.497 e. The lowest BCUT2D eigenvalue weighted by molar-refractivity contribution is -0.151. The van der Waals surface area contributed by atoms with Gasteiger partial charge in [-0.2, -0.15) is 0 Å². The van der Waals surface area contributed by atoms with Crippen molar-refractivity contribution in [3.8, 4) is 5.75 Å². The van der Waals surface area contributed by atoms with Crippen LogP contribution in [0.4, 0.5) is 10.1 Å². The van der Waals surface area contributed by atoms with Crippen LogP contribution < -0.4 is 9.64 Å². The maximum absolute atomic E-state index is 13.1. The quantitative estimate of drug-likeness (QED) is 0.713. The second kappa shape index (κ2) is 9.21. The molecule has 3 rings (SSSR count). The Morgan fingerprint density at radius 3 is 2.39 bits per heavy atom. The fourth-order valence-corrected chi connectivity index (χ4v) is 3.11. The highest BCUT2D eigenvalue weighted by molar-refractivity contribution is 5.81. The Bertz CT molecular complexity index is 817. The Labute approximate surface area is 163 Å². The van der Waals surface area contributed by atoms with E-state index in [0.29, 0.717) is 31.7 Å². The van der Waals surface area contributed by atoms with Crippen LogP contribution in [0, 0.1) is 5.82 Å². The molecule has 0 spiro atoms. The molecule has 0 bridgehead atoms. The summed E-state index contributed by atoms with van der Waals surface area (Å²) in [6.07, 6.45) is -0.0592. The number of carbonyl (C=O) groups excluding carboxylic acids is 2. The number of rotatable bonds is 6. The van der Waals surface area contributed by atoms with Gasteiger partial charge in [0.15, 0.2) is 6.61 Å². The number of hydrogen-bond acceptors (Lipinski definition) is 5. The molecule has 1 amide bonds. The summed E-state index contributed by atoms with van der Waals surface area (Å²) in [5.41, 5.74) is 1.60. The van der Waals surface area contributed by atoms with E-state index in [9.17, 15) is 14.0 Å². The molecule has 0 saturated carbocycles. The molecule has 2 aromatic carbocycles. The molecule has 148 valence electrons. The van der Waals surface area contributed by atoms with Gasteiger partial charge in [-0.05, 0) is 42.0 Å². The smallest absolute Gasteiger partial charge is 0.310 e. The molecule has 0 aromatic heterocycles. The summed E-state index contributed by atoms with van der Waals surface area (Å²) in [6, 6.07) is 13.6.